The molecule has 0 spiro atoms. The first-order valence-electron chi connectivity index (χ1n) is 10.9. The van der Waals surface area contributed by atoms with E-state index in [9.17, 15) is 13.2 Å². The number of ether oxygens (including phenoxy) is 1. The van der Waals surface area contributed by atoms with Crippen LogP contribution in [-0.4, -0.2) is 70.4 Å². The predicted octanol–water partition coefficient (Wildman–Crippen LogP) is 2.65. The van der Waals surface area contributed by atoms with Crippen LogP contribution in [0, 0.1) is 0 Å². The monoisotopic (exact) mass is 439 g/mol. The number of benzene rings is 1. The molecule has 0 aromatic heterocycles. The third-order valence-electron chi connectivity index (χ3n) is 5.82. The van der Waals surface area contributed by atoms with Crippen LogP contribution in [0.2, 0.25) is 0 Å². The summed E-state index contributed by atoms with van der Waals surface area (Å²) in [5.74, 6) is 0.569. The molecule has 1 aliphatic rings. The van der Waals surface area contributed by atoms with E-state index in [0.717, 1.165) is 18.5 Å². The summed E-state index contributed by atoms with van der Waals surface area (Å²) in [5.41, 5.74) is 0.717. The van der Waals surface area contributed by atoms with Gasteiger partial charge in [0.15, 0.2) is 0 Å². The summed E-state index contributed by atoms with van der Waals surface area (Å²) < 4.78 is 31.3. The summed E-state index contributed by atoms with van der Waals surface area (Å²) in [6, 6.07) is 5.46. The molecule has 1 aliphatic heterocycles. The van der Waals surface area contributed by atoms with Crippen molar-refractivity contribution in [3.8, 4) is 5.75 Å². The number of amides is 1. The van der Waals surface area contributed by atoms with Crippen molar-refractivity contribution in [3.63, 3.8) is 0 Å². The largest absolute Gasteiger partial charge is 0.496 e. The van der Waals surface area contributed by atoms with Crippen molar-refractivity contribution >= 4 is 15.9 Å². The van der Waals surface area contributed by atoms with E-state index in [1.54, 1.807) is 19.2 Å². The third-order valence-corrected chi connectivity index (χ3v) is 7.63. The van der Waals surface area contributed by atoms with Gasteiger partial charge in [-0.2, -0.15) is 0 Å². The topological polar surface area (TPSA) is 79.0 Å². The number of sulfonamides is 1. The maximum atomic E-state index is 12.4. The van der Waals surface area contributed by atoms with Crippen LogP contribution in [0.5, 0.6) is 5.75 Å². The first-order chi connectivity index (χ1) is 14.3. The van der Waals surface area contributed by atoms with E-state index < -0.39 is 10.0 Å². The number of carbonyl (C=O) groups excluding carboxylic acids is 1. The Morgan fingerprint density at radius 3 is 2.73 bits per heavy atom. The summed E-state index contributed by atoms with van der Waals surface area (Å²) in [4.78, 5) is 15.0. The Morgan fingerprint density at radius 2 is 2.07 bits per heavy atom. The maximum absolute atomic E-state index is 12.4. The van der Waals surface area contributed by atoms with E-state index in [-0.39, 0.29) is 10.8 Å². The van der Waals surface area contributed by atoms with Gasteiger partial charge in [0.25, 0.3) is 0 Å². The lowest BCUT2D eigenvalue weighted by atomic mass is 10.00. The Kier molecular flexibility index (Phi) is 9.58. The molecular weight excluding hydrogens is 402 g/mol. The molecule has 1 saturated heterocycles. The Bertz CT molecular complexity index is 796. The molecule has 1 amide bonds. The molecule has 30 heavy (non-hydrogen) atoms. The first kappa shape index (κ1) is 24.6. The molecule has 1 fully saturated rings. The smallest absolute Gasteiger partial charge is 0.242 e. The van der Waals surface area contributed by atoms with Crippen LogP contribution >= 0.6 is 0 Å². The van der Waals surface area contributed by atoms with Crippen molar-refractivity contribution in [3.05, 3.63) is 23.8 Å². The van der Waals surface area contributed by atoms with Crippen molar-refractivity contribution in [2.45, 2.75) is 62.8 Å². The molecule has 1 aromatic carbocycles. The van der Waals surface area contributed by atoms with Crippen LogP contribution < -0.4 is 10.1 Å². The number of aryl methyl sites for hydroxylation is 1. The fourth-order valence-corrected chi connectivity index (χ4v) is 4.94. The van der Waals surface area contributed by atoms with Crippen molar-refractivity contribution in [1.82, 2.24) is 14.5 Å². The molecule has 170 valence electrons. The molecule has 1 N–H and O–H groups in total. The summed E-state index contributed by atoms with van der Waals surface area (Å²) in [6.07, 6.45) is 6.74. The molecule has 1 heterocycles. The van der Waals surface area contributed by atoms with Crippen LogP contribution in [0.4, 0.5) is 0 Å². The lowest BCUT2D eigenvalue weighted by Crippen LogP contribution is -2.40. The molecule has 1 aromatic rings. The second-order valence-electron chi connectivity index (χ2n) is 8.06. The maximum Gasteiger partial charge on any atom is 0.242 e. The highest BCUT2D eigenvalue weighted by atomic mass is 32.2. The summed E-state index contributed by atoms with van der Waals surface area (Å²) in [6.45, 7) is 5.10. The van der Waals surface area contributed by atoms with Crippen molar-refractivity contribution in [2.24, 2.45) is 0 Å². The normalized spacial score (nSPS) is 17.8. The third kappa shape index (κ3) is 6.68. The summed E-state index contributed by atoms with van der Waals surface area (Å²) in [7, 11) is 1.02. The molecule has 8 heteroatoms. The molecule has 0 unspecified atom stereocenters. The van der Waals surface area contributed by atoms with Gasteiger partial charge in [-0.3, -0.25) is 4.79 Å². The minimum absolute atomic E-state index is 0.0244. The number of methoxy groups -OCH3 is 1. The second kappa shape index (κ2) is 11.7. The standard InChI is InChI=1S/C22H37N3O4S/c1-5-19-9-6-7-15-25(19)16-8-14-23-22(26)13-10-18-17-20(11-12-21(18)29-4)30(27,28)24(2)3/h11-12,17,19H,5-10,13-16H2,1-4H3,(H,23,26)/t19-/m0/s1. The van der Waals surface area contributed by atoms with Crippen molar-refractivity contribution in [2.75, 3.05) is 40.8 Å². The van der Waals surface area contributed by atoms with E-state index >= 15 is 0 Å². The van der Waals surface area contributed by atoms with Crippen molar-refractivity contribution < 1.29 is 17.9 Å². The highest BCUT2D eigenvalue weighted by Crippen LogP contribution is 2.25. The van der Waals surface area contributed by atoms with Crippen LogP contribution in [0.1, 0.15) is 51.0 Å². The molecule has 1 atom stereocenters. The van der Waals surface area contributed by atoms with E-state index in [2.05, 4.69) is 17.1 Å². The fraction of sp³-hybridized carbons (Fsp3) is 0.682. The Hall–Kier alpha value is -1.64. The summed E-state index contributed by atoms with van der Waals surface area (Å²) >= 11 is 0. The van der Waals surface area contributed by atoms with Crippen LogP contribution in [0.3, 0.4) is 0 Å². The van der Waals surface area contributed by atoms with E-state index in [0.29, 0.717) is 31.2 Å². The number of nitrogens with zero attached hydrogens (tertiary/aromatic N) is 2. The van der Waals surface area contributed by atoms with Gasteiger partial charge >= 0.3 is 0 Å². The highest BCUT2D eigenvalue weighted by molar-refractivity contribution is 7.89. The van der Waals surface area contributed by atoms with E-state index in [4.69, 9.17) is 4.74 Å². The molecule has 0 aliphatic carbocycles. The number of hydrogen-bond acceptors (Lipinski definition) is 5. The molecule has 2 rings (SSSR count). The van der Waals surface area contributed by atoms with Gasteiger partial charge in [0.1, 0.15) is 5.75 Å². The molecule has 0 bridgehead atoms. The molecule has 0 radical (unpaired) electrons. The van der Waals surface area contributed by atoms with Gasteiger partial charge < -0.3 is 15.0 Å². The fourth-order valence-electron chi connectivity index (χ4n) is 3.98. The zero-order valence-electron chi connectivity index (χ0n) is 18.8. The van der Waals surface area contributed by atoms with Crippen LogP contribution in [0.15, 0.2) is 23.1 Å². The van der Waals surface area contributed by atoms with Gasteiger partial charge in [0.05, 0.1) is 12.0 Å². The minimum atomic E-state index is -3.53. The van der Waals surface area contributed by atoms with Gasteiger partial charge in [-0.25, -0.2) is 12.7 Å². The molecule has 7 nitrogen and oxygen atoms in total. The number of hydrogen-bond donors (Lipinski definition) is 1. The number of nitrogens with one attached hydrogen (secondary N) is 1. The Morgan fingerprint density at radius 1 is 1.30 bits per heavy atom. The van der Waals surface area contributed by atoms with E-state index in [1.165, 1.54) is 56.7 Å². The van der Waals surface area contributed by atoms with E-state index in [1.807, 2.05) is 0 Å². The average Bonchev–Trinajstić information content (AvgIpc) is 2.75. The highest BCUT2D eigenvalue weighted by Gasteiger charge is 2.21. The Labute approximate surface area is 181 Å². The quantitative estimate of drug-likeness (QED) is 0.536. The van der Waals surface area contributed by atoms with Gasteiger partial charge in [0, 0.05) is 39.6 Å². The predicted molar refractivity (Wildman–Crippen MR) is 119 cm³/mol. The second-order valence-corrected chi connectivity index (χ2v) is 10.2. The number of rotatable bonds is 11. The lowest BCUT2D eigenvalue weighted by Gasteiger charge is -2.35. The molecule has 0 saturated carbocycles. The first-order valence-corrected chi connectivity index (χ1v) is 12.3. The van der Waals surface area contributed by atoms with Crippen LogP contribution in [0.25, 0.3) is 0 Å². The SMILES string of the molecule is CC[C@H]1CCCCN1CCCNC(=O)CCc1cc(S(=O)(=O)N(C)C)ccc1OC. The average molecular weight is 440 g/mol. The van der Waals surface area contributed by atoms with Gasteiger partial charge in [-0.1, -0.05) is 13.3 Å². The lowest BCUT2D eigenvalue weighted by molar-refractivity contribution is -0.121. The number of piperidine rings is 1. The number of carbonyl (C=O) groups is 1. The van der Waals surface area contributed by atoms with Gasteiger partial charge in [-0.05, 0) is 62.4 Å². The number of likely N-dealkylation sites (tertiary alicyclic amines) is 1. The molecular formula is C22H37N3O4S. The van der Waals surface area contributed by atoms with Crippen LogP contribution in [-0.2, 0) is 21.2 Å². The summed E-state index contributed by atoms with van der Waals surface area (Å²) in [5, 5.41) is 2.99. The minimum Gasteiger partial charge on any atom is -0.496 e. The zero-order chi connectivity index (χ0) is 22.1. The van der Waals surface area contributed by atoms with Crippen molar-refractivity contribution in [1.29, 1.82) is 0 Å². The van der Waals surface area contributed by atoms with Gasteiger partial charge in [0.2, 0.25) is 15.9 Å². The zero-order valence-corrected chi connectivity index (χ0v) is 19.6. The Balaban J connectivity index is 1.83. The van der Waals surface area contributed by atoms with Gasteiger partial charge in [-0.15, -0.1) is 0 Å².